The molecule has 0 radical (unpaired) electrons. The Kier molecular flexibility index (Phi) is 4.39. The van der Waals surface area contributed by atoms with Gasteiger partial charge in [-0.3, -0.25) is 15.0 Å². The lowest BCUT2D eigenvalue weighted by atomic mass is 9.98. The Bertz CT molecular complexity index is 212. The van der Waals surface area contributed by atoms with Gasteiger partial charge in [0.15, 0.2) is 0 Å². The number of nitrogens with one attached hydrogen (secondary N) is 1. The van der Waals surface area contributed by atoms with Crippen LogP contribution in [0.5, 0.6) is 0 Å². The van der Waals surface area contributed by atoms with Gasteiger partial charge in [0.25, 0.3) is 0 Å². The summed E-state index contributed by atoms with van der Waals surface area (Å²) in [5.41, 5.74) is 1.89. The summed E-state index contributed by atoms with van der Waals surface area (Å²) >= 11 is 0. The highest BCUT2D eigenvalue weighted by atomic mass is 16.5. The molecule has 0 saturated heterocycles. The van der Waals surface area contributed by atoms with E-state index in [1.54, 1.807) is 0 Å². The first-order valence-electron chi connectivity index (χ1n) is 4.91. The number of carbonyl (C=O) groups is 2. The lowest BCUT2D eigenvalue weighted by molar-refractivity contribution is -0.152. The van der Waals surface area contributed by atoms with E-state index in [1.165, 1.54) is 6.42 Å². The van der Waals surface area contributed by atoms with E-state index in [0.29, 0.717) is 0 Å². The summed E-state index contributed by atoms with van der Waals surface area (Å²) in [7, 11) is 0. The molecule has 0 atom stereocenters. The van der Waals surface area contributed by atoms with E-state index in [2.05, 4.69) is 0 Å². The molecule has 0 aromatic carbocycles. The number of hydrazine groups is 1. The second-order valence-electron chi connectivity index (χ2n) is 3.49. The highest BCUT2D eigenvalue weighted by molar-refractivity contribution is 5.93. The normalized spacial score (nSPS) is 17.5. The first kappa shape index (κ1) is 11.0. The van der Waals surface area contributed by atoms with Crippen molar-refractivity contribution in [1.82, 2.24) is 5.43 Å². The van der Waals surface area contributed by atoms with Crippen molar-refractivity contribution in [3.05, 3.63) is 0 Å². The van der Waals surface area contributed by atoms with Gasteiger partial charge >= 0.3 is 5.97 Å². The van der Waals surface area contributed by atoms with E-state index in [1.807, 2.05) is 5.43 Å². The van der Waals surface area contributed by atoms with Crippen molar-refractivity contribution in [2.24, 2.45) is 5.84 Å². The molecule has 0 heterocycles. The van der Waals surface area contributed by atoms with Crippen LogP contribution in [0.2, 0.25) is 0 Å². The molecule has 5 nitrogen and oxygen atoms in total. The van der Waals surface area contributed by atoms with Gasteiger partial charge in [-0.2, -0.15) is 0 Å². The summed E-state index contributed by atoms with van der Waals surface area (Å²) in [5.74, 6) is 3.85. The van der Waals surface area contributed by atoms with E-state index < -0.39 is 11.9 Å². The number of hydrogen-bond acceptors (Lipinski definition) is 4. The highest BCUT2D eigenvalue weighted by Gasteiger charge is 2.18. The maximum atomic E-state index is 11.1. The molecule has 1 amide bonds. The fraction of sp³-hybridized carbons (Fsp3) is 0.778. The third-order valence-corrected chi connectivity index (χ3v) is 2.32. The predicted octanol–water partition coefficient (Wildman–Crippen LogP) is 0.242. The second-order valence-corrected chi connectivity index (χ2v) is 3.49. The average Bonchev–Trinajstić information content (AvgIpc) is 2.19. The first-order valence-corrected chi connectivity index (χ1v) is 4.91. The van der Waals surface area contributed by atoms with E-state index in [-0.39, 0.29) is 12.5 Å². The maximum absolute atomic E-state index is 11.1. The molecule has 1 aliphatic carbocycles. The molecular formula is C9H16N2O3. The summed E-state index contributed by atoms with van der Waals surface area (Å²) in [6, 6.07) is 0. The molecule has 0 spiro atoms. The van der Waals surface area contributed by atoms with Gasteiger partial charge in [0.05, 0.1) is 0 Å². The molecule has 1 fully saturated rings. The standard InChI is InChI=1S/C9H16N2O3/c10-11-8(12)6-9(13)14-7-4-2-1-3-5-7/h7H,1-6,10H2,(H,11,12). The van der Waals surface area contributed by atoms with Crippen LogP contribution >= 0.6 is 0 Å². The topological polar surface area (TPSA) is 81.4 Å². The van der Waals surface area contributed by atoms with Crippen molar-refractivity contribution in [1.29, 1.82) is 0 Å². The first-order chi connectivity index (χ1) is 6.72. The molecular weight excluding hydrogens is 184 g/mol. The van der Waals surface area contributed by atoms with Crippen molar-refractivity contribution < 1.29 is 14.3 Å². The van der Waals surface area contributed by atoms with Crippen LogP contribution in [-0.2, 0) is 14.3 Å². The smallest absolute Gasteiger partial charge is 0.315 e. The molecule has 0 aromatic heterocycles. The summed E-state index contributed by atoms with van der Waals surface area (Å²) in [6.45, 7) is 0. The summed E-state index contributed by atoms with van der Waals surface area (Å²) < 4.78 is 5.11. The van der Waals surface area contributed by atoms with Crippen LogP contribution in [-0.4, -0.2) is 18.0 Å². The van der Waals surface area contributed by atoms with Crippen LogP contribution < -0.4 is 11.3 Å². The summed E-state index contributed by atoms with van der Waals surface area (Å²) in [4.78, 5) is 21.9. The number of carbonyl (C=O) groups excluding carboxylic acids is 2. The van der Waals surface area contributed by atoms with Crippen LogP contribution in [0.4, 0.5) is 0 Å². The highest BCUT2D eigenvalue weighted by Crippen LogP contribution is 2.20. The van der Waals surface area contributed by atoms with Crippen LogP contribution in [0.1, 0.15) is 38.5 Å². The minimum atomic E-state index is -0.509. The van der Waals surface area contributed by atoms with Crippen LogP contribution in [0, 0.1) is 0 Å². The largest absolute Gasteiger partial charge is 0.462 e. The zero-order valence-electron chi connectivity index (χ0n) is 8.12. The fourth-order valence-corrected chi connectivity index (χ4v) is 1.59. The molecule has 80 valence electrons. The van der Waals surface area contributed by atoms with E-state index in [0.717, 1.165) is 25.7 Å². The van der Waals surface area contributed by atoms with Crippen molar-refractivity contribution in [2.75, 3.05) is 0 Å². The van der Waals surface area contributed by atoms with Gasteiger partial charge < -0.3 is 4.74 Å². The lowest BCUT2D eigenvalue weighted by Crippen LogP contribution is -2.33. The van der Waals surface area contributed by atoms with E-state index >= 15 is 0 Å². The summed E-state index contributed by atoms with van der Waals surface area (Å²) in [6.07, 6.45) is 4.94. The van der Waals surface area contributed by atoms with Gasteiger partial charge in [0, 0.05) is 0 Å². The predicted molar refractivity (Wildman–Crippen MR) is 49.9 cm³/mol. The van der Waals surface area contributed by atoms with Gasteiger partial charge in [-0.25, -0.2) is 5.84 Å². The fourth-order valence-electron chi connectivity index (χ4n) is 1.59. The average molecular weight is 200 g/mol. The van der Waals surface area contributed by atoms with Crippen LogP contribution in [0.15, 0.2) is 0 Å². The number of nitrogens with two attached hydrogens (primary N) is 1. The Balaban J connectivity index is 2.21. The number of hydrogen-bond donors (Lipinski definition) is 2. The number of ether oxygens (including phenoxy) is 1. The Hall–Kier alpha value is -1.10. The van der Waals surface area contributed by atoms with Gasteiger partial charge in [0.2, 0.25) is 5.91 Å². The van der Waals surface area contributed by atoms with Crippen LogP contribution in [0.25, 0.3) is 0 Å². The molecule has 14 heavy (non-hydrogen) atoms. The zero-order valence-corrected chi connectivity index (χ0v) is 8.12. The third-order valence-electron chi connectivity index (χ3n) is 2.32. The van der Waals surface area contributed by atoms with Gasteiger partial charge in [-0.05, 0) is 25.7 Å². The molecule has 0 aliphatic heterocycles. The quantitative estimate of drug-likeness (QED) is 0.225. The van der Waals surface area contributed by atoms with Crippen molar-refractivity contribution in [3.8, 4) is 0 Å². The number of amides is 1. The SMILES string of the molecule is NNC(=O)CC(=O)OC1CCCCC1. The second kappa shape index (κ2) is 5.59. The molecule has 0 bridgehead atoms. The monoisotopic (exact) mass is 200 g/mol. The number of rotatable bonds is 3. The molecule has 3 N–H and O–H groups in total. The maximum Gasteiger partial charge on any atom is 0.315 e. The van der Waals surface area contributed by atoms with Crippen molar-refractivity contribution in [3.63, 3.8) is 0 Å². The Morgan fingerprint density at radius 3 is 2.50 bits per heavy atom. The third kappa shape index (κ3) is 3.74. The molecule has 1 rings (SSSR count). The van der Waals surface area contributed by atoms with E-state index in [9.17, 15) is 9.59 Å². The van der Waals surface area contributed by atoms with Gasteiger partial charge in [-0.1, -0.05) is 6.42 Å². The van der Waals surface area contributed by atoms with Crippen LogP contribution in [0.3, 0.4) is 0 Å². The summed E-state index contributed by atoms with van der Waals surface area (Å²) in [5, 5.41) is 0. The lowest BCUT2D eigenvalue weighted by Gasteiger charge is -2.21. The van der Waals surface area contributed by atoms with Crippen molar-refractivity contribution in [2.45, 2.75) is 44.6 Å². The van der Waals surface area contributed by atoms with E-state index in [4.69, 9.17) is 10.6 Å². The van der Waals surface area contributed by atoms with Crippen molar-refractivity contribution >= 4 is 11.9 Å². The molecule has 5 heteroatoms. The Labute approximate surface area is 82.9 Å². The Morgan fingerprint density at radius 2 is 1.93 bits per heavy atom. The Morgan fingerprint density at radius 1 is 1.29 bits per heavy atom. The van der Waals surface area contributed by atoms with Gasteiger partial charge in [-0.15, -0.1) is 0 Å². The zero-order chi connectivity index (χ0) is 10.4. The molecule has 0 unspecified atom stereocenters. The molecule has 1 saturated carbocycles. The molecule has 0 aromatic rings. The molecule has 1 aliphatic rings. The van der Waals surface area contributed by atoms with Gasteiger partial charge in [0.1, 0.15) is 12.5 Å². The minimum Gasteiger partial charge on any atom is -0.462 e. The minimum absolute atomic E-state index is 0.00169. The number of esters is 1.